The van der Waals surface area contributed by atoms with Crippen molar-refractivity contribution < 1.29 is 14.7 Å². The highest BCUT2D eigenvalue weighted by Gasteiger charge is 2.45. The van der Waals surface area contributed by atoms with Gasteiger partial charge in [0.25, 0.3) is 5.91 Å². The molecule has 0 atom stereocenters. The monoisotopic (exact) mass is 335 g/mol. The lowest BCUT2D eigenvalue weighted by Gasteiger charge is -2.25. The van der Waals surface area contributed by atoms with Crippen LogP contribution in [0.3, 0.4) is 0 Å². The summed E-state index contributed by atoms with van der Waals surface area (Å²) >= 11 is 0. The van der Waals surface area contributed by atoms with Gasteiger partial charge in [0.2, 0.25) is 0 Å². The summed E-state index contributed by atoms with van der Waals surface area (Å²) in [5.74, 6) is -1.44. The number of carboxylic acids is 1. The summed E-state index contributed by atoms with van der Waals surface area (Å²) in [6.07, 6.45) is 3.81. The number of aliphatic carboxylic acids is 1. The van der Waals surface area contributed by atoms with Crippen molar-refractivity contribution in [2.45, 2.75) is 25.3 Å². The van der Waals surface area contributed by atoms with Crippen LogP contribution in [0.25, 0.3) is 5.52 Å². The van der Waals surface area contributed by atoms with Gasteiger partial charge in [0, 0.05) is 19.0 Å². The minimum atomic E-state index is -1.32. The molecule has 2 heterocycles. The SMILES string of the molecule is Cc1ccn2ncc(C(=O)NC3(C(=O)O)Cc4ccccc4C3)c2c1. The lowest BCUT2D eigenvalue weighted by Crippen LogP contribution is -2.55. The average molecular weight is 335 g/mol. The zero-order valence-corrected chi connectivity index (χ0v) is 13.7. The van der Waals surface area contributed by atoms with Crippen molar-refractivity contribution in [1.82, 2.24) is 14.9 Å². The van der Waals surface area contributed by atoms with Crippen molar-refractivity contribution in [3.8, 4) is 0 Å². The normalized spacial score (nSPS) is 15.1. The Morgan fingerprint density at radius 1 is 1.20 bits per heavy atom. The van der Waals surface area contributed by atoms with Gasteiger partial charge in [0.15, 0.2) is 0 Å². The first-order chi connectivity index (χ1) is 12.0. The van der Waals surface area contributed by atoms with Crippen LogP contribution in [0, 0.1) is 6.92 Å². The van der Waals surface area contributed by atoms with E-state index in [0.717, 1.165) is 16.7 Å². The molecule has 25 heavy (non-hydrogen) atoms. The zero-order valence-electron chi connectivity index (χ0n) is 13.7. The van der Waals surface area contributed by atoms with E-state index in [1.54, 1.807) is 10.7 Å². The van der Waals surface area contributed by atoms with Crippen molar-refractivity contribution in [2.24, 2.45) is 0 Å². The van der Waals surface area contributed by atoms with Gasteiger partial charge >= 0.3 is 5.97 Å². The van der Waals surface area contributed by atoms with Crippen molar-refractivity contribution >= 4 is 17.4 Å². The second kappa shape index (κ2) is 5.44. The van der Waals surface area contributed by atoms with Crippen LogP contribution in [0.2, 0.25) is 0 Å². The number of aromatic nitrogens is 2. The number of aryl methyl sites for hydroxylation is 1. The molecule has 0 saturated carbocycles. The van der Waals surface area contributed by atoms with Gasteiger partial charge < -0.3 is 10.4 Å². The van der Waals surface area contributed by atoms with Gasteiger partial charge in [-0.2, -0.15) is 5.10 Å². The molecule has 1 aliphatic rings. The average Bonchev–Trinajstić information content (AvgIpc) is 3.15. The number of pyridine rings is 1. The molecule has 1 amide bonds. The third-order valence-electron chi connectivity index (χ3n) is 4.79. The Balaban J connectivity index is 1.69. The fraction of sp³-hybridized carbons (Fsp3) is 0.211. The molecule has 2 aromatic heterocycles. The number of carbonyl (C=O) groups excluding carboxylic acids is 1. The molecule has 6 heteroatoms. The number of nitrogens with one attached hydrogen (secondary N) is 1. The molecule has 0 unspecified atom stereocenters. The van der Waals surface area contributed by atoms with Crippen LogP contribution in [0.5, 0.6) is 0 Å². The Hall–Kier alpha value is -3.15. The molecule has 4 rings (SSSR count). The lowest BCUT2D eigenvalue weighted by molar-refractivity contribution is -0.144. The van der Waals surface area contributed by atoms with Crippen molar-refractivity contribution in [3.05, 3.63) is 71.0 Å². The third-order valence-corrected chi connectivity index (χ3v) is 4.79. The molecule has 3 aromatic rings. The van der Waals surface area contributed by atoms with Crippen molar-refractivity contribution in [1.29, 1.82) is 0 Å². The molecule has 0 bridgehead atoms. The fourth-order valence-electron chi connectivity index (χ4n) is 3.45. The van der Waals surface area contributed by atoms with Gasteiger partial charge in [0.1, 0.15) is 5.54 Å². The maximum atomic E-state index is 12.8. The van der Waals surface area contributed by atoms with Crippen LogP contribution in [-0.4, -0.2) is 32.1 Å². The molecule has 0 aliphatic heterocycles. The standard InChI is InChI=1S/C19H17N3O3/c1-12-6-7-22-16(8-12)15(11-20-22)17(23)21-19(18(24)25)9-13-4-2-3-5-14(13)10-19/h2-8,11H,9-10H2,1H3,(H,21,23)(H,24,25). The first-order valence-corrected chi connectivity index (χ1v) is 8.05. The molecule has 0 spiro atoms. The second-order valence-electron chi connectivity index (χ2n) is 6.56. The summed E-state index contributed by atoms with van der Waals surface area (Å²) in [7, 11) is 0. The number of fused-ring (bicyclic) bond motifs is 2. The van der Waals surface area contributed by atoms with Crippen LogP contribution in [0.4, 0.5) is 0 Å². The van der Waals surface area contributed by atoms with Crippen LogP contribution < -0.4 is 5.32 Å². The van der Waals surface area contributed by atoms with E-state index >= 15 is 0 Å². The van der Waals surface area contributed by atoms with Crippen LogP contribution >= 0.6 is 0 Å². The highest BCUT2D eigenvalue weighted by Crippen LogP contribution is 2.31. The number of carboxylic acid groups (broad SMARTS) is 1. The van der Waals surface area contributed by atoms with Crippen molar-refractivity contribution in [2.75, 3.05) is 0 Å². The number of nitrogens with zero attached hydrogens (tertiary/aromatic N) is 2. The number of carbonyl (C=O) groups is 2. The van der Waals surface area contributed by atoms with Gasteiger partial charge in [-0.3, -0.25) is 4.79 Å². The molecule has 1 aromatic carbocycles. The molecular formula is C19H17N3O3. The Morgan fingerprint density at radius 3 is 2.52 bits per heavy atom. The molecule has 126 valence electrons. The predicted octanol–water partition coefficient (Wildman–Crippen LogP) is 1.99. The molecule has 0 radical (unpaired) electrons. The zero-order chi connectivity index (χ0) is 17.6. The van der Waals surface area contributed by atoms with E-state index in [4.69, 9.17) is 0 Å². The maximum Gasteiger partial charge on any atom is 0.330 e. The Morgan fingerprint density at radius 2 is 1.88 bits per heavy atom. The Bertz CT molecular complexity index is 981. The van der Waals surface area contributed by atoms with Gasteiger partial charge in [0.05, 0.1) is 17.3 Å². The minimum absolute atomic E-state index is 0.280. The summed E-state index contributed by atoms with van der Waals surface area (Å²) in [5, 5.41) is 16.7. The molecule has 2 N–H and O–H groups in total. The second-order valence-corrected chi connectivity index (χ2v) is 6.56. The van der Waals surface area contributed by atoms with Gasteiger partial charge in [-0.05, 0) is 35.7 Å². The van der Waals surface area contributed by atoms with E-state index in [1.165, 1.54) is 6.20 Å². The maximum absolute atomic E-state index is 12.8. The van der Waals surface area contributed by atoms with E-state index in [9.17, 15) is 14.7 Å². The van der Waals surface area contributed by atoms with Crippen LogP contribution in [0.15, 0.2) is 48.8 Å². The van der Waals surface area contributed by atoms with Crippen LogP contribution in [0.1, 0.15) is 27.0 Å². The van der Waals surface area contributed by atoms with Gasteiger partial charge in [-0.25, -0.2) is 9.31 Å². The summed E-state index contributed by atoms with van der Waals surface area (Å²) in [6.45, 7) is 1.93. The van der Waals surface area contributed by atoms with Crippen molar-refractivity contribution in [3.63, 3.8) is 0 Å². The largest absolute Gasteiger partial charge is 0.479 e. The Kier molecular flexibility index (Phi) is 3.35. The molecular weight excluding hydrogens is 318 g/mol. The highest BCUT2D eigenvalue weighted by atomic mass is 16.4. The summed E-state index contributed by atoms with van der Waals surface area (Å²) < 4.78 is 1.61. The number of hydrogen-bond donors (Lipinski definition) is 2. The van der Waals surface area contributed by atoms with E-state index in [1.807, 2.05) is 43.3 Å². The lowest BCUT2D eigenvalue weighted by atomic mass is 9.95. The molecule has 0 fully saturated rings. The smallest absolute Gasteiger partial charge is 0.330 e. The fourth-order valence-corrected chi connectivity index (χ4v) is 3.45. The van der Waals surface area contributed by atoms with Gasteiger partial charge in [-0.1, -0.05) is 24.3 Å². The van der Waals surface area contributed by atoms with E-state index < -0.39 is 17.4 Å². The molecule has 6 nitrogen and oxygen atoms in total. The van der Waals surface area contributed by atoms with Gasteiger partial charge in [-0.15, -0.1) is 0 Å². The molecule has 0 saturated heterocycles. The topological polar surface area (TPSA) is 83.7 Å². The van der Waals surface area contributed by atoms with E-state index in [0.29, 0.717) is 11.1 Å². The number of amides is 1. The van der Waals surface area contributed by atoms with Crippen LogP contribution in [-0.2, 0) is 17.6 Å². The molecule has 1 aliphatic carbocycles. The third kappa shape index (κ3) is 2.46. The number of rotatable bonds is 3. The first-order valence-electron chi connectivity index (χ1n) is 8.05. The van der Waals surface area contributed by atoms with E-state index in [2.05, 4.69) is 10.4 Å². The van der Waals surface area contributed by atoms with E-state index in [-0.39, 0.29) is 12.8 Å². The number of benzene rings is 1. The summed E-state index contributed by atoms with van der Waals surface area (Å²) in [5.41, 5.74) is 2.64. The summed E-state index contributed by atoms with van der Waals surface area (Å²) in [6, 6.07) is 11.3. The predicted molar refractivity (Wildman–Crippen MR) is 91.6 cm³/mol. The first kappa shape index (κ1) is 15.4. The highest BCUT2D eigenvalue weighted by molar-refractivity contribution is 6.03. The Labute approximate surface area is 144 Å². The quantitative estimate of drug-likeness (QED) is 0.767. The number of hydrogen-bond acceptors (Lipinski definition) is 3. The summed E-state index contributed by atoms with van der Waals surface area (Å²) in [4.78, 5) is 24.8. The minimum Gasteiger partial charge on any atom is -0.479 e.